The van der Waals surface area contributed by atoms with Crippen LogP contribution in [0.15, 0.2) is 84.0 Å². The zero-order valence-corrected chi connectivity index (χ0v) is 21.2. The topological polar surface area (TPSA) is 164 Å². The van der Waals surface area contributed by atoms with E-state index in [2.05, 4.69) is 21.2 Å². The van der Waals surface area contributed by atoms with Crippen molar-refractivity contribution in [3.63, 3.8) is 0 Å². The third kappa shape index (κ3) is 6.29. The predicted octanol–water partition coefficient (Wildman–Crippen LogP) is 2.30. The molecule has 3 atom stereocenters. The second kappa shape index (κ2) is 12.1. The van der Waals surface area contributed by atoms with E-state index in [9.17, 15) is 14.7 Å². The molecule has 38 heavy (non-hydrogen) atoms. The van der Waals surface area contributed by atoms with Gasteiger partial charge in [0.25, 0.3) is 0 Å². The van der Waals surface area contributed by atoms with E-state index >= 15 is 0 Å². The molecule has 0 saturated heterocycles. The number of benzene rings is 3. The lowest BCUT2D eigenvalue weighted by molar-refractivity contribution is -0.142. The molecule has 4 rings (SSSR count). The van der Waals surface area contributed by atoms with Crippen LogP contribution in [0.25, 0.3) is 11.1 Å². The van der Waals surface area contributed by atoms with Gasteiger partial charge in [0.15, 0.2) is 0 Å². The molecule has 8 N–H and O–H groups in total. The normalized spacial score (nSPS) is 19.4. The van der Waals surface area contributed by atoms with Crippen molar-refractivity contribution in [2.45, 2.75) is 30.5 Å². The van der Waals surface area contributed by atoms with Crippen molar-refractivity contribution in [1.29, 1.82) is 0 Å². The number of amides is 1. The summed E-state index contributed by atoms with van der Waals surface area (Å²) in [7, 11) is 0. The number of carbonyl (C=O) groups excluding carboxylic acids is 1. The molecule has 0 aliphatic heterocycles. The number of ether oxygens (including phenoxy) is 1. The van der Waals surface area contributed by atoms with Gasteiger partial charge in [-0.2, -0.15) is 0 Å². The first-order chi connectivity index (χ1) is 18.4. The van der Waals surface area contributed by atoms with E-state index in [4.69, 9.17) is 28.0 Å². The Hall–Kier alpha value is -3.96. The molecule has 3 aromatic carbocycles. The van der Waals surface area contributed by atoms with E-state index in [1.807, 2.05) is 72.8 Å². The fourth-order valence-electron chi connectivity index (χ4n) is 4.40. The number of guanidine groups is 1. The zero-order chi connectivity index (χ0) is 27.1. The number of rotatable bonds is 10. The second-order valence-corrected chi connectivity index (χ2v) is 9.41. The zero-order valence-electron chi connectivity index (χ0n) is 20.4. The van der Waals surface area contributed by atoms with Gasteiger partial charge in [-0.25, -0.2) is 5.84 Å². The fourth-order valence-corrected chi connectivity index (χ4v) is 4.59. The van der Waals surface area contributed by atoms with Crippen molar-refractivity contribution < 1.29 is 19.4 Å². The molecule has 1 aliphatic carbocycles. The summed E-state index contributed by atoms with van der Waals surface area (Å²) in [6.45, 7) is 0.0909. The summed E-state index contributed by atoms with van der Waals surface area (Å²) in [6.07, 6.45) is 0.347. The van der Waals surface area contributed by atoms with Crippen molar-refractivity contribution in [3.8, 4) is 11.1 Å². The molecule has 0 unspecified atom stereocenters. The summed E-state index contributed by atoms with van der Waals surface area (Å²) in [4.78, 5) is 25.5. The molecule has 0 radical (unpaired) electrons. The molecule has 0 bridgehead atoms. The third-order valence-electron chi connectivity index (χ3n) is 6.46. The minimum Gasteiger partial charge on any atom is -0.480 e. The van der Waals surface area contributed by atoms with Gasteiger partial charge in [-0.1, -0.05) is 78.3 Å². The highest BCUT2D eigenvalue weighted by Crippen LogP contribution is 2.52. The number of halogens is 1. The number of carboxylic acid groups (broad SMARTS) is 1. The molecule has 0 aromatic heterocycles. The lowest BCUT2D eigenvalue weighted by atomic mass is 10.00. The first-order valence-corrected chi connectivity index (χ1v) is 12.3. The molecule has 0 spiro atoms. The van der Waals surface area contributed by atoms with Crippen LogP contribution in [-0.2, 0) is 20.9 Å². The quantitative estimate of drug-likeness (QED) is 0.0994. The van der Waals surface area contributed by atoms with Crippen LogP contribution >= 0.6 is 11.6 Å². The summed E-state index contributed by atoms with van der Waals surface area (Å²) < 4.78 is 5.67. The Labute approximate surface area is 225 Å². The molecule has 198 valence electrons. The highest BCUT2D eigenvalue weighted by atomic mass is 35.5. The van der Waals surface area contributed by atoms with Crippen molar-refractivity contribution in [2.75, 3.05) is 6.61 Å². The molecule has 3 aromatic rings. The number of nitrogens with one attached hydrogen (secondary N) is 3. The number of carboxylic acids is 1. The van der Waals surface area contributed by atoms with Crippen molar-refractivity contribution in [1.82, 2.24) is 16.1 Å². The number of nitrogens with zero attached hydrogens (tertiary/aromatic N) is 1. The summed E-state index contributed by atoms with van der Waals surface area (Å²) in [6, 6.07) is 23.5. The SMILES string of the molecule is NN=C(NN)NC(=O)[C@@]1(N[C@@H](COCc2ccccc2)C(=O)O)C[C@H]1c1ccc(-c2cccc(Cl)c2)cc1. The second-order valence-electron chi connectivity index (χ2n) is 8.97. The van der Waals surface area contributed by atoms with Crippen LogP contribution in [0.1, 0.15) is 23.5 Å². The van der Waals surface area contributed by atoms with Crippen LogP contribution in [0.3, 0.4) is 0 Å². The van der Waals surface area contributed by atoms with Crippen molar-refractivity contribution in [2.24, 2.45) is 16.8 Å². The summed E-state index contributed by atoms with van der Waals surface area (Å²) in [5.74, 6) is 8.53. The van der Waals surface area contributed by atoms with Gasteiger partial charge < -0.3 is 15.7 Å². The van der Waals surface area contributed by atoms with Gasteiger partial charge in [0.2, 0.25) is 11.9 Å². The summed E-state index contributed by atoms with van der Waals surface area (Å²) >= 11 is 6.13. The predicted molar refractivity (Wildman–Crippen MR) is 145 cm³/mol. The van der Waals surface area contributed by atoms with E-state index in [-0.39, 0.29) is 25.1 Å². The van der Waals surface area contributed by atoms with Crippen LogP contribution in [0.5, 0.6) is 0 Å². The minimum absolute atomic E-state index is 0.146. The standard InChI is InChI=1S/C27H29ClN6O4/c28-21-8-4-7-20(13-21)18-9-11-19(12-10-18)22-14-27(22,25(37)31-26(33-29)34-30)32-23(24(35)36)16-38-15-17-5-2-1-3-6-17/h1-13,22-23,32H,14-16,29-30H2,(H,35,36)(H2,31,33,34,37)/t22-,23-,27+/m0/s1. The van der Waals surface area contributed by atoms with Crippen molar-refractivity contribution >= 4 is 29.4 Å². The number of hydrazone groups is 1. The Morgan fingerprint density at radius 3 is 2.45 bits per heavy atom. The highest BCUT2D eigenvalue weighted by molar-refractivity contribution is 6.30. The maximum absolute atomic E-state index is 13.4. The Balaban J connectivity index is 1.53. The summed E-state index contributed by atoms with van der Waals surface area (Å²) in [5.41, 5.74) is 4.65. The lowest BCUT2D eigenvalue weighted by Gasteiger charge is -2.24. The van der Waals surface area contributed by atoms with Gasteiger partial charge in [0, 0.05) is 10.9 Å². The maximum atomic E-state index is 13.4. The average molecular weight is 537 g/mol. The van der Waals surface area contributed by atoms with Crippen LogP contribution in [0.4, 0.5) is 0 Å². The molecule has 0 heterocycles. The monoisotopic (exact) mass is 536 g/mol. The molecular formula is C27H29ClN6O4. The molecule has 1 aliphatic rings. The van der Waals surface area contributed by atoms with Gasteiger partial charge in [-0.3, -0.25) is 25.6 Å². The Morgan fingerprint density at radius 1 is 1.08 bits per heavy atom. The number of nitrogens with two attached hydrogens (primary N) is 2. The average Bonchev–Trinajstić information content (AvgIpc) is 3.67. The van der Waals surface area contributed by atoms with Crippen LogP contribution in [-0.4, -0.2) is 41.1 Å². The van der Waals surface area contributed by atoms with Gasteiger partial charge in [-0.05, 0) is 40.8 Å². The van der Waals surface area contributed by atoms with E-state index in [1.54, 1.807) is 6.07 Å². The van der Waals surface area contributed by atoms with Gasteiger partial charge >= 0.3 is 5.97 Å². The lowest BCUT2D eigenvalue weighted by Crippen LogP contribution is -2.58. The number of aliphatic carboxylic acids is 1. The van der Waals surface area contributed by atoms with Crippen LogP contribution in [0.2, 0.25) is 5.02 Å². The number of hydrogen-bond acceptors (Lipinski definition) is 7. The van der Waals surface area contributed by atoms with E-state index in [0.29, 0.717) is 11.4 Å². The molecule has 10 nitrogen and oxygen atoms in total. The first kappa shape index (κ1) is 27.1. The van der Waals surface area contributed by atoms with Gasteiger partial charge in [0.05, 0.1) is 13.2 Å². The van der Waals surface area contributed by atoms with Gasteiger partial charge in [0.1, 0.15) is 11.6 Å². The first-order valence-electron chi connectivity index (χ1n) is 11.9. The Morgan fingerprint density at radius 2 is 1.82 bits per heavy atom. The summed E-state index contributed by atoms with van der Waals surface area (Å²) in [5, 5.41) is 19.5. The maximum Gasteiger partial charge on any atom is 0.323 e. The van der Waals surface area contributed by atoms with E-state index < -0.39 is 23.5 Å². The number of hydrazine groups is 1. The minimum atomic E-state index is -1.25. The van der Waals surface area contributed by atoms with Crippen LogP contribution in [0, 0.1) is 0 Å². The van der Waals surface area contributed by atoms with E-state index in [1.165, 1.54) is 0 Å². The number of carbonyl (C=O) groups is 2. The Kier molecular flexibility index (Phi) is 8.59. The molecule has 1 amide bonds. The third-order valence-corrected chi connectivity index (χ3v) is 6.70. The van der Waals surface area contributed by atoms with Gasteiger partial charge in [-0.15, -0.1) is 5.10 Å². The van der Waals surface area contributed by atoms with Crippen molar-refractivity contribution in [3.05, 3.63) is 95.0 Å². The molecule has 11 heteroatoms. The number of hydrogen-bond donors (Lipinski definition) is 6. The van der Waals surface area contributed by atoms with Crippen LogP contribution < -0.4 is 27.7 Å². The smallest absolute Gasteiger partial charge is 0.323 e. The fraction of sp³-hybridized carbons (Fsp3) is 0.222. The van der Waals surface area contributed by atoms with E-state index in [0.717, 1.165) is 22.3 Å². The Bertz CT molecular complexity index is 1300. The molecule has 1 fully saturated rings. The molecule has 1 saturated carbocycles. The largest absolute Gasteiger partial charge is 0.480 e. The highest BCUT2D eigenvalue weighted by Gasteiger charge is 2.62. The molecular weight excluding hydrogens is 508 g/mol.